The first-order valence-electron chi connectivity index (χ1n) is 8.99. The van der Waals surface area contributed by atoms with Crippen LogP contribution in [-0.4, -0.2) is 48.7 Å². The summed E-state index contributed by atoms with van der Waals surface area (Å²) in [5.41, 5.74) is 0.307. The Morgan fingerprint density at radius 3 is 2.77 bits per heavy atom. The number of ether oxygens (including phenoxy) is 3. The average molecular weight is 357 g/mol. The normalized spacial score (nSPS) is 32.7. The number of nitrogens with zero attached hydrogens (tertiary/aromatic N) is 1. The van der Waals surface area contributed by atoms with Gasteiger partial charge in [-0.1, -0.05) is 24.3 Å². The van der Waals surface area contributed by atoms with Gasteiger partial charge >= 0.3 is 5.97 Å². The molecule has 3 heterocycles. The molecule has 1 spiro atoms. The molecule has 1 amide bonds. The van der Waals surface area contributed by atoms with Crippen molar-refractivity contribution in [2.75, 3.05) is 20.3 Å². The summed E-state index contributed by atoms with van der Waals surface area (Å²) in [6, 6.07) is 7.57. The standard InChI is InChI=1S/C20H23NO5/c1-4-25-19(23)16-15-9-10-20(26-15)11-21(18(22)17(16)20)12(2)13-5-7-14(24-3)8-6-13/h5-10,12,15-17H,4,11H2,1-3H3/t12-,15-,16-,17-,20+/m0/s1. The number of hydrogen-bond donors (Lipinski definition) is 0. The maximum Gasteiger partial charge on any atom is 0.312 e. The van der Waals surface area contributed by atoms with Crippen molar-refractivity contribution < 1.29 is 23.8 Å². The molecule has 0 saturated carbocycles. The summed E-state index contributed by atoms with van der Waals surface area (Å²) in [5, 5.41) is 0. The molecule has 2 fully saturated rings. The molecular formula is C20H23NO5. The number of carbonyl (C=O) groups excluding carboxylic acids is 2. The molecule has 3 aliphatic heterocycles. The van der Waals surface area contributed by atoms with E-state index in [1.807, 2.05) is 48.2 Å². The van der Waals surface area contributed by atoms with E-state index in [0.717, 1.165) is 11.3 Å². The van der Waals surface area contributed by atoms with E-state index < -0.39 is 17.4 Å². The predicted molar refractivity (Wildman–Crippen MR) is 93.5 cm³/mol. The molecule has 6 nitrogen and oxygen atoms in total. The lowest BCUT2D eigenvalue weighted by Crippen LogP contribution is -2.40. The number of likely N-dealkylation sites (tertiary alicyclic amines) is 1. The van der Waals surface area contributed by atoms with Crippen LogP contribution in [0.5, 0.6) is 5.75 Å². The van der Waals surface area contributed by atoms with Gasteiger partial charge in [0.1, 0.15) is 17.3 Å². The summed E-state index contributed by atoms with van der Waals surface area (Å²) in [4.78, 5) is 27.4. The number of methoxy groups -OCH3 is 1. The summed E-state index contributed by atoms with van der Waals surface area (Å²) in [6.45, 7) is 4.51. The lowest BCUT2D eigenvalue weighted by atomic mass is 9.77. The molecule has 1 aromatic carbocycles. The summed E-state index contributed by atoms with van der Waals surface area (Å²) in [7, 11) is 1.62. The van der Waals surface area contributed by atoms with Gasteiger partial charge in [-0.15, -0.1) is 0 Å². The third-order valence-electron chi connectivity index (χ3n) is 5.75. The van der Waals surface area contributed by atoms with Crippen molar-refractivity contribution >= 4 is 11.9 Å². The Kier molecular flexibility index (Phi) is 4.03. The van der Waals surface area contributed by atoms with Crippen LogP contribution in [0.3, 0.4) is 0 Å². The first kappa shape index (κ1) is 17.1. The molecule has 2 saturated heterocycles. The monoisotopic (exact) mass is 357 g/mol. The highest BCUT2D eigenvalue weighted by Crippen LogP contribution is 2.53. The number of rotatable bonds is 5. The zero-order chi connectivity index (χ0) is 18.5. The molecule has 4 rings (SSSR count). The highest BCUT2D eigenvalue weighted by Gasteiger charge is 2.67. The third-order valence-corrected chi connectivity index (χ3v) is 5.75. The van der Waals surface area contributed by atoms with Gasteiger partial charge in [0.05, 0.1) is 38.3 Å². The fourth-order valence-corrected chi connectivity index (χ4v) is 4.43. The molecule has 0 unspecified atom stereocenters. The Hall–Kier alpha value is -2.34. The van der Waals surface area contributed by atoms with Crippen LogP contribution >= 0.6 is 0 Å². The number of benzene rings is 1. The van der Waals surface area contributed by atoms with Crippen LogP contribution in [0.1, 0.15) is 25.5 Å². The van der Waals surface area contributed by atoms with Crippen LogP contribution in [0.4, 0.5) is 0 Å². The average Bonchev–Trinajstić information content (AvgIpc) is 3.29. The van der Waals surface area contributed by atoms with E-state index in [1.165, 1.54) is 0 Å². The lowest BCUT2D eigenvalue weighted by Gasteiger charge is -2.27. The number of fused-ring (bicyclic) bond motifs is 1. The van der Waals surface area contributed by atoms with Crippen molar-refractivity contribution in [2.45, 2.75) is 31.6 Å². The molecule has 0 aromatic heterocycles. The minimum absolute atomic E-state index is 0.0433. The van der Waals surface area contributed by atoms with E-state index in [2.05, 4.69) is 0 Å². The quantitative estimate of drug-likeness (QED) is 0.596. The lowest BCUT2D eigenvalue weighted by molar-refractivity contribution is -0.153. The molecular weight excluding hydrogens is 334 g/mol. The van der Waals surface area contributed by atoms with Crippen molar-refractivity contribution in [1.29, 1.82) is 0 Å². The summed E-state index contributed by atoms with van der Waals surface area (Å²) >= 11 is 0. The van der Waals surface area contributed by atoms with Crippen LogP contribution in [0.25, 0.3) is 0 Å². The summed E-state index contributed by atoms with van der Waals surface area (Å²) in [5.74, 6) is -0.673. The largest absolute Gasteiger partial charge is 0.497 e. The van der Waals surface area contributed by atoms with Gasteiger partial charge in [0.2, 0.25) is 5.91 Å². The molecule has 3 aliphatic rings. The minimum atomic E-state index is -0.708. The van der Waals surface area contributed by atoms with Gasteiger partial charge in [0, 0.05) is 0 Å². The fraction of sp³-hybridized carbons (Fsp3) is 0.500. The summed E-state index contributed by atoms with van der Waals surface area (Å²) < 4.78 is 16.5. The van der Waals surface area contributed by atoms with Gasteiger partial charge in [0.15, 0.2) is 0 Å². The van der Waals surface area contributed by atoms with Gasteiger partial charge < -0.3 is 19.1 Å². The Balaban J connectivity index is 1.60. The SMILES string of the molecule is CCOC(=O)[C@H]1[C@@H]2C=C[C@]3(CN([C@@H](C)c4ccc(OC)cc4)C(=O)[C@H]13)O2. The third kappa shape index (κ3) is 2.35. The van der Waals surface area contributed by atoms with Crippen LogP contribution in [0.2, 0.25) is 0 Å². The Labute approximate surface area is 152 Å². The molecule has 6 heteroatoms. The van der Waals surface area contributed by atoms with Crippen molar-refractivity contribution in [2.24, 2.45) is 11.8 Å². The zero-order valence-electron chi connectivity index (χ0n) is 15.2. The Bertz CT molecular complexity index is 758. The molecule has 138 valence electrons. The fourth-order valence-electron chi connectivity index (χ4n) is 4.43. The van der Waals surface area contributed by atoms with E-state index in [4.69, 9.17) is 14.2 Å². The highest BCUT2D eigenvalue weighted by atomic mass is 16.6. The molecule has 0 aliphatic carbocycles. The second kappa shape index (κ2) is 6.13. The number of esters is 1. The highest BCUT2D eigenvalue weighted by molar-refractivity contribution is 5.91. The molecule has 5 atom stereocenters. The Morgan fingerprint density at radius 1 is 1.38 bits per heavy atom. The number of amides is 1. The second-order valence-electron chi connectivity index (χ2n) is 7.07. The van der Waals surface area contributed by atoms with E-state index in [9.17, 15) is 9.59 Å². The molecule has 26 heavy (non-hydrogen) atoms. The zero-order valence-corrected chi connectivity index (χ0v) is 15.2. The first-order valence-corrected chi connectivity index (χ1v) is 8.99. The molecule has 0 N–H and O–H groups in total. The van der Waals surface area contributed by atoms with Crippen molar-refractivity contribution in [3.63, 3.8) is 0 Å². The molecule has 2 bridgehead atoms. The topological polar surface area (TPSA) is 65.1 Å². The maximum atomic E-state index is 13.2. The van der Waals surface area contributed by atoms with Gasteiger partial charge in [-0.3, -0.25) is 9.59 Å². The molecule has 1 aromatic rings. The van der Waals surface area contributed by atoms with E-state index in [-0.39, 0.29) is 24.0 Å². The minimum Gasteiger partial charge on any atom is -0.497 e. The molecule has 0 radical (unpaired) electrons. The van der Waals surface area contributed by atoms with Crippen LogP contribution in [0, 0.1) is 11.8 Å². The first-order chi connectivity index (χ1) is 12.5. The maximum absolute atomic E-state index is 13.2. The number of hydrogen-bond acceptors (Lipinski definition) is 5. The second-order valence-corrected chi connectivity index (χ2v) is 7.07. The van der Waals surface area contributed by atoms with E-state index >= 15 is 0 Å². The van der Waals surface area contributed by atoms with Gasteiger partial charge in [-0.2, -0.15) is 0 Å². The summed E-state index contributed by atoms with van der Waals surface area (Å²) in [6.07, 6.45) is 3.49. The van der Waals surface area contributed by atoms with E-state index in [0.29, 0.717) is 13.2 Å². The van der Waals surface area contributed by atoms with Crippen molar-refractivity contribution in [3.05, 3.63) is 42.0 Å². The smallest absolute Gasteiger partial charge is 0.312 e. The Morgan fingerprint density at radius 2 is 2.12 bits per heavy atom. The van der Waals surface area contributed by atoms with Gasteiger partial charge in [0.25, 0.3) is 0 Å². The van der Waals surface area contributed by atoms with Gasteiger partial charge in [-0.05, 0) is 31.5 Å². The van der Waals surface area contributed by atoms with Crippen molar-refractivity contribution in [1.82, 2.24) is 4.90 Å². The van der Waals surface area contributed by atoms with E-state index in [1.54, 1.807) is 14.0 Å². The van der Waals surface area contributed by atoms with Crippen LogP contribution < -0.4 is 4.74 Å². The number of carbonyl (C=O) groups is 2. The van der Waals surface area contributed by atoms with Crippen LogP contribution in [-0.2, 0) is 19.1 Å². The van der Waals surface area contributed by atoms with Gasteiger partial charge in [-0.25, -0.2) is 0 Å². The predicted octanol–water partition coefficient (Wildman–Crippen LogP) is 2.10. The van der Waals surface area contributed by atoms with Crippen molar-refractivity contribution in [3.8, 4) is 5.75 Å². The van der Waals surface area contributed by atoms with Crippen LogP contribution in [0.15, 0.2) is 36.4 Å².